The van der Waals surface area contributed by atoms with Crippen LogP contribution in [0, 0.1) is 6.92 Å². The van der Waals surface area contributed by atoms with E-state index in [2.05, 4.69) is 4.90 Å². The molecule has 6 heteroatoms. The van der Waals surface area contributed by atoms with E-state index >= 15 is 0 Å². The van der Waals surface area contributed by atoms with E-state index < -0.39 is 0 Å². The van der Waals surface area contributed by atoms with Gasteiger partial charge in [-0.05, 0) is 58.1 Å². The van der Waals surface area contributed by atoms with Crippen molar-refractivity contribution in [3.05, 3.63) is 22.7 Å². The normalized spacial score (nSPS) is 11.4. The average Bonchev–Trinajstić information content (AvgIpc) is 2.87. The molecule has 0 N–H and O–H groups in total. The molecule has 0 bridgehead atoms. The molecule has 0 saturated carbocycles. The molecular weight excluding hydrogens is 330 g/mol. The molecule has 2 rings (SSSR count). The van der Waals surface area contributed by atoms with Crippen molar-refractivity contribution in [3.63, 3.8) is 0 Å². The van der Waals surface area contributed by atoms with Crippen molar-refractivity contribution in [1.29, 1.82) is 0 Å². The molecule has 0 unspecified atom stereocenters. The zero-order chi connectivity index (χ0) is 17.0. The molecule has 23 heavy (non-hydrogen) atoms. The number of rotatable bonds is 7. The third-order valence-electron chi connectivity index (χ3n) is 3.62. The molecule has 4 nitrogen and oxygen atoms in total. The monoisotopic (exact) mass is 353 g/mol. The number of halogens is 1. The van der Waals surface area contributed by atoms with Crippen molar-refractivity contribution >= 4 is 44.2 Å². The Hall–Kier alpha value is -1.17. The summed E-state index contributed by atoms with van der Waals surface area (Å²) in [5, 5.41) is 1.49. The molecule has 126 valence electrons. The molecule has 0 fully saturated rings. The van der Waals surface area contributed by atoms with Crippen LogP contribution in [0.25, 0.3) is 10.2 Å². The van der Waals surface area contributed by atoms with Crippen LogP contribution in [-0.2, 0) is 4.79 Å². The van der Waals surface area contributed by atoms with Gasteiger partial charge in [0.25, 0.3) is 0 Å². The number of thiazole rings is 1. The lowest BCUT2D eigenvalue weighted by Gasteiger charge is -2.20. The third-order valence-corrected chi connectivity index (χ3v) is 4.87. The lowest BCUT2D eigenvalue weighted by Crippen LogP contribution is -2.33. The molecule has 0 aliphatic rings. The van der Waals surface area contributed by atoms with E-state index in [9.17, 15) is 4.79 Å². The zero-order valence-electron chi connectivity index (χ0n) is 14.2. The van der Waals surface area contributed by atoms with E-state index in [0.717, 1.165) is 40.3 Å². The SMILES string of the molecule is CCCC(=O)N(CCCN(C)C)c1nc2c(C)cc(Cl)cc2s1. The summed E-state index contributed by atoms with van der Waals surface area (Å²) in [7, 11) is 4.09. The van der Waals surface area contributed by atoms with Gasteiger partial charge in [-0.1, -0.05) is 29.9 Å². The number of amides is 1. The minimum atomic E-state index is 0.147. The number of carbonyl (C=O) groups is 1. The van der Waals surface area contributed by atoms with Crippen LogP contribution in [0.1, 0.15) is 31.7 Å². The maximum Gasteiger partial charge on any atom is 0.228 e. The van der Waals surface area contributed by atoms with Gasteiger partial charge in [-0.3, -0.25) is 9.69 Å². The molecule has 2 aromatic rings. The topological polar surface area (TPSA) is 36.4 Å². The molecule has 0 spiro atoms. The van der Waals surface area contributed by atoms with E-state index in [4.69, 9.17) is 16.6 Å². The number of hydrogen-bond donors (Lipinski definition) is 0. The van der Waals surface area contributed by atoms with Crippen LogP contribution in [-0.4, -0.2) is 43.0 Å². The maximum atomic E-state index is 12.5. The van der Waals surface area contributed by atoms with Gasteiger partial charge in [0.1, 0.15) is 0 Å². The van der Waals surface area contributed by atoms with Crippen molar-refractivity contribution < 1.29 is 4.79 Å². The number of carbonyl (C=O) groups excluding carboxylic acids is 1. The highest BCUT2D eigenvalue weighted by molar-refractivity contribution is 7.22. The van der Waals surface area contributed by atoms with Crippen molar-refractivity contribution in [1.82, 2.24) is 9.88 Å². The summed E-state index contributed by atoms with van der Waals surface area (Å²) >= 11 is 7.68. The molecular formula is C17H24ClN3OS. The first-order valence-electron chi connectivity index (χ1n) is 7.94. The predicted octanol–water partition coefficient (Wildman–Crippen LogP) is 4.34. The van der Waals surface area contributed by atoms with Crippen molar-refractivity contribution in [2.75, 3.05) is 32.1 Å². The fourth-order valence-corrected chi connectivity index (χ4v) is 3.94. The van der Waals surface area contributed by atoms with Crippen LogP contribution < -0.4 is 4.90 Å². The van der Waals surface area contributed by atoms with E-state index in [-0.39, 0.29) is 5.91 Å². The fourth-order valence-electron chi connectivity index (χ4n) is 2.48. The number of aryl methyl sites for hydroxylation is 1. The first-order chi connectivity index (χ1) is 10.9. The van der Waals surface area contributed by atoms with E-state index in [1.807, 2.05) is 45.0 Å². The molecule has 1 aromatic heterocycles. The Kier molecular flexibility index (Phi) is 6.39. The second-order valence-electron chi connectivity index (χ2n) is 6.02. The Morgan fingerprint density at radius 1 is 1.30 bits per heavy atom. The van der Waals surface area contributed by atoms with Gasteiger partial charge in [-0.15, -0.1) is 0 Å². The van der Waals surface area contributed by atoms with E-state index in [0.29, 0.717) is 18.0 Å². The van der Waals surface area contributed by atoms with Gasteiger partial charge in [-0.25, -0.2) is 4.98 Å². The number of aromatic nitrogens is 1. The minimum Gasteiger partial charge on any atom is -0.309 e. The largest absolute Gasteiger partial charge is 0.309 e. The first-order valence-corrected chi connectivity index (χ1v) is 9.13. The third kappa shape index (κ3) is 4.66. The van der Waals surface area contributed by atoms with Gasteiger partial charge in [0.2, 0.25) is 5.91 Å². The van der Waals surface area contributed by atoms with Crippen LogP contribution >= 0.6 is 22.9 Å². The number of hydrogen-bond acceptors (Lipinski definition) is 4. The Morgan fingerprint density at radius 3 is 2.70 bits per heavy atom. The highest BCUT2D eigenvalue weighted by Gasteiger charge is 2.19. The lowest BCUT2D eigenvalue weighted by atomic mass is 10.2. The number of benzene rings is 1. The summed E-state index contributed by atoms with van der Waals surface area (Å²) in [6.07, 6.45) is 2.33. The van der Waals surface area contributed by atoms with Gasteiger partial charge in [-0.2, -0.15) is 0 Å². The van der Waals surface area contributed by atoms with Crippen LogP contribution in [0.3, 0.4) is 0 Å². The Balaban J connectivity index is 2.30. The summed E-state index contributed by atoms with van der Waals surface area (Å²) in [4.78, 5) is 21.2. The van der Waals surface area contributed by atoms with Gasteiger partial charge in [0, 0.05) is 18.0 Å². The molecule has 1 amide bonds. The number of fused-ring (bicyclic) bond motifs is 1. The summed E-state index contributed by atoms with van der Waals surface area (Å²) in [6.45, 7) is 5.68. The Labute approximate surface area is 147 Å². The average molecular weight is 354 g/mol. The summed E-state index contributed by atoms with van der Waals surface area (Å²) < 4.78 is 1.03. The Morgan fingerprint density at radius 2 is 2.04 bits per heavy atom. The summed E-state index contributed by atoms with van der Waals surface area (Å²) in [5.41, 5.74) is 1.99. The zero-order valence-corrected chi connectivity index (χ0v) is 15.8. The van der Waals surface area contributed by atoms with Crippen LogP contribution in [0.5, 0.6) is 0 Å². The smallest absolute Gasteiger partial charge is 0.228 e. The van der Waals surface area contributed by atoms with Crippen molar-refractivity contribution in [3.8, 4) is 0 Å². The second kappa shape index (κ2) is 8.08. The minimum absolute atomic E-state index is 0.147. The van der Waals surface area contributed by atoms with Gasteiger partial charge in [0.05, 0.1) is 10.2 Å². The summed E-state index contributed by atoms with van der Waals surface area (Å²) in [5.74, 6) is 0.147. The Bertz CT molecular complexity index is 684. The molecule has 1 aromatic carbocycles. The van der Waals surface area contributed by atoms with Crippen molar-refractivity contribution in [2.24, 2.45) is 0 Å². The van der Waals surface area contributed by atoms with Crippen LogP contribution in [0.2, 0.25) is 5.02 Å². The van der Waals surface area contributed by atoms with Gasteiger partial charge >= 0.3 is 0 Å². The highest BCUT2D eigenvalue weighted by Crippen LogP contribution is 2.33. The molecule has 1 heterocycles. The molecule has 0 atom stereocenters. The van der Waals surface area contributed by atoms with E-state index in [1.54, 1.807) is 11.3 Å². The van der Waals surface area contributed by atoms with Crippen molar-refractivity contribution in [2.45, 2.75) is 33.1 Å². The first kappa shape index (κ1) is 18.2. The second-order valence-corrected chi connectivity index (χ2v) is 7.46. The molecule has 0 radical (unpaired) electrons. The fraction of sp³-hybridized carbons (Fsp3) is 0.529. The van der Waals surface area contributed by atoms with Gasteiger partial charge in [0.15, 0.2) is 5.13 Å². The quantitative estimate of drug-likeness (QED) is 0.742. The highest BCUT2D eigenvalue weighted by atomic mass is 35.5. The maximum absolute atomic E-state index is 12.5. The number of nitrogens with zero attached hydrogens (tertiary/aromatic N) is 3. The molecule has 0 saturated heterocycles. The van der Waals surface area contributed by atoms with Crippen LogP contribution in [0.4, 0.5) is 5.13 Å². The predicted molar refractivity (Wildman–Crippen MR) is 99.8 cm³/mol. The summed E-state index contributed by atoms with van der Waals surface area (Å²) in [6, 6.07) is 3.84. The molecule has 0 aliphatic heterocycles. The lowest BCUT2D eigenvalue weighted by molar-refractivity contribution is -0.118. The van der Waals surface area contributed by atoms with Gasteiger partial charge < -0.3 is 4.90 Å². The standard InChI is InChI=1S/C17H24ClN3OS/c1-5-7-15(22)21(9-6-8-20(3)4)17-19-16-12(2)10-13(18)11-14(16)23-17/h10-11H,5-9H2,1-4H3. The number of anilines is 1. The van der Waals surface area contributed by atoms with E-state index in [1.165, 1.54) is 0 Å². The van der Waals surface area contributed by atoms with Crippen LogP contribution in [0.15, 0.2) is 12.1 Å². The molecule has 0 aliphatic carbocycles.